The number of benzene rings is 1. The van der Waals surface area contributed by atoms with Crippen LogP contribution < -0.4 is 11.1 Å². The number of methoxy groups -OCH3 is 1. The Balaban J connectivity index is 1.93. The molecule has 0 radical (unpaired) electrons. The SMILES string of the molecule is COC(CNC(=O)C1(N)CCCCC1)c1ccc(Cl)cc1. The second-order valence-electron chi connectivity index (χ2n) is 5.70. The molecule has 1 amide bonds. The van der Waals surface area contributed by atoms with Gasteiger partial charge in [0.25, 0.3) is 0 Å². The quantitative estimate of drug-likeness (QED) is 0.879. The van der Waals surface area contributed by atoms with Gasteiger partial charge in [-0.25, -0.2) is 0 Å². The maximum absolute atomic E-state index is 12.3. The van der Waals surface area contributed by atoms with Gasteiger partial charge < -0.3 is 15.8 Å². The van der Waals surface area contributed by atoms with Crippen LogP contribution in [0.5, 0.6) is 0 Å². The first-order chi connectivity index (χ1) is 10.0. The van der Waals surface area contributed by atoms with Gasteiger partial charge in [-0.15, -0.1) is 0 Å². The fraction of sp³-hybridized carbons (Fsp3) is 0.562. The van der Waals surface area contributed by atoms with Crippen LogP contribution >= 0.6 is 11.6 Å². The lowest BCUT2D eigenvalue weighted by atomic mass is 9.82. The molecular formula is C16H23ClN2O2. The molecule has 21 heavy (non-hydrogen) atoms. The maximum atomic E-state index is 12.3. The maximum Gasteiger partial charge on any atom is 0.240 e. The van der Waals surface area contributed by atoms with E-state index in [-0.39, 0.29) is 12.0 Å². The second-order valence-corrected chi connectivity index (χ2v) is 6.14. The molecule has 1 atom stereocenters. The van der Waals surface area contributed by atoms with Crippen LogP contribution in [0.25, 0.3) is 0 Å². The van der Waals surface area contributed by atoms with Gasteiger partial charge in [-0.3, -0.25) is 4.79 Å². The highest BCUT2D eigenvalue weighted by Gasteiger charge is 2.35. The van der Waals surface area contributed by atoms with Gasteiger partial charge in [-0.1, -0.05) is 43.0 Å². The van der Waals surface area contributed by atoms with E-state index in [0.29, 0.717) is 11.6 Å². The zero-order valence-electron chi connectivity index (χ0n) is 12.4. The molecule has 1 aliphatic rings. The molecule has 0 aromatic heterocycles. The van der Waals surface area contributed by atoms with Gasteiger partial charge in [0.1, 0.15) is 0 Å². The van der Waals surface area contributed by atoms with E-state index in [0.717, 1.165) is 37.7 Å². The summed E-state index contributed by atoms with van der Waals surface area (Å²) < 4.78 is 5.45. The number of nitrogens with two attached hydrogens (primary N) is 1. The van der Waals surface area contributed by atoms with Crippen LogP contribution in [0.4, 0.5) is 0 Å². The summed E-state index contributed by atoms with van der Waals surface area (Å²) >= 11 is 5.88. The second kappa shape index (κ2) is 7.25. The summed E-state index contributed by atoms with van der Waals surface area (Å²) in [5, 5.41) is 3.62. The molecule has 0 heterocycles. The van der Waals surface area contributed by atoms with E-state index in [4.69, 9.17) is 22.1 Å². The highest BCUT2D eigenvalue weighted by Crippen LogP contribution is 2.26. The Kier molecular flexibility index (Phi) is 5.62. The molecular weight excluding hydrogens is 288 g/mol. The number of carbonyl (C=O) groups excluding carboxylic acids is 1. The van der Waals surface area contributed by atoms with Crippen LogP contribution in [0, 0.1) is 0 Å². The highest BCUT2D eigenvalue weighted by molar-refractivity contribution is 6.30. The van der Waals surface area contributed by atoms with Crippen LogP contribution in [0.15, 0.2) is 24.3 Å². The van der Waals surface area contributed by atoms with Crippen molar-refractivity contribution in [1.82, 2.24) is 5.32 Å². The molecule has 0 saturated heterocycles. The zero-order chi connectivity index (χ0) is 15.3. The van der Waals surface area contributed by atoms with Crippen molar-refractivity contribution in [2.45, 2.75) is 43.7 Å². The normalized spacial score (nSPS) is 19.0. The third-order valence-corrected chi connectivity index (χ3v) is 4.42. The lowest BCUT2D eigenvalue weighted by molar-refractivity contribution is -0.128. The van der Waals surface area contributed by atoms with Crippen LogP contribution in [-0.2, 0) is 9.53 Å². The third-order valence-electron chi connectivity index (χ3n) is 4.17. The zero-order valence-corrected chi connectivity index (χ0v) is 13.2. The monoisotopic (exact) mass is 310 g/mol. The van der Waals surface area contributed by atoms with Crippen molar-refractivity contribution in [2.24, 2.45) is 5.73 Å². The van der Waals surface area contributed by atoms with Crippen molar-refractivity contribution >= 4 is 17.5 Å². The van der Waals surface area contributed by atoms with E-state index >= 15 is 0 Å². The Morgan fingerprint density at radius 3 is 2.52 bits per heavy atom. The van der Waals surface area contributed by atoms with Gasteiger partial charge in [0.2, 0.25) is 5.91 Å². The number of ether oxygens (including phenoxy) is 1. The summed E-state index contributed by atoms with van der Waals surface area (Å²) in [5.41, 5.74) is 6.49. The molecule has 0 aliphatic heterocycles. The molecule has 1 fully saturated rings. The number of amides is 1. The molecule has 5 heteroatoms. The van der Waals surface area contributed by atoms with E-state index in [1.54, 1.807) is 7.11 Å². The fourth-order valence-electron chi connectivity index (χ4n) is 2.79. The van der Waals surface area contributed by atoms with Crippen molar-refractivity contribution in [3.8, 4) is 0 Å². The third kappa shape index (κ3) is 4.19. The summed E-state index contributed by atoms with van der Waals surface area (Å²) in [6.45, 7) is 0.413. The molecule has 3 N–H and O–H groups in total. The Morgan fingerprint density at radius 1 is 1.33 bits per heavy atom. The summed E-state index contributed by atoms with van der Waals surface area (Å²) in [7, 11) is 1.63. The number of carbonyl (C=O) groups is 1. The molecule has 116 valence electrons. The first-order valence-corrected chi connectivity index (χ1v) is 7.78. The van der Waals surface area contributed by atoms with Crippen LogP contribution in [0.3, 0.4) is 0 Å². The van der Waals surface area contributed by atoms with Crippen molar-refractivity contribution in [1.29, 1.82) is 0 Å². The predicted molar refractivity (Wildman–Crippen MR) is 84.2 cm³/mol. The Bertz CT molecular complexity index is 470. The lowest BCUT2D eigenvalue weighted by Gasteiger charge is -2.32. The lowest BCUT2D eigenvalue weighted by Crippen LogP contribution is -2.55. The predicted octanol–water partition coefficient (Wildman–Crippen LogP) is 2.81. The number of hydrogen-bond donors (Lipinski definition) is 2. The highest BCUT2D eigenvalue weighted by atomic mass is 35.5. The summed E-state index contributed by atoms with van der Waals surface area (Å²) in [4.78, 5) is 12.3. The van der Waals surface area contributed by atoms with Crippen molar-refractivity contribution < 1.29 is 9.53 Å². The molecule has 1 aromatic carbocycles. The van der Waals surface area contributed by atoms with E-state index in [9.17, 15) is 4.79 Å². The number of hydrogen-bond acceptors (Lipinski definition) is 3. The van der Waals surface area contributed by atoms with Gasteiger partial charge >= 0.3 is 0 Å². The molecule has 0 spiro atoms. The van der Waals surface area contributed by atoms with Crippen molar-refractivity contribution in [3.05, 3.63) is 34.9 Å². The van der Waals surface area contributed by atoms with E-state index < -0.39 is 5.54 Å². The molecule has 1 aromatic rings. The summed E-state index contributed by atoms with van der Waals surface area (Å²) in [6, 6.07) is 7.44. The Hall–Kier alpha value is -1.10. The minimum atomic E-state index is -0.712. The molecule has 0 bridgehead atoms. The topological polar surface area (TPSA) is 64.3 Å². The first-order valence-electron chi connectivity index (χ1n) is 7.40. The van der Waals surface area contributed by atoms with Crippen molar-refractivity contribution in [3.63, 3.8) is 0 Å². The Morgan fingerprint density at radius 2 is 1.95 bits per heavy atom. The number of nitrogens with one attached hydrogen (secondary N) is 1. The minimum Gasteiger partial charge on any atom is -0.375 e. The average molecular weight is 311 g/mol. The van der Waals surface area contributed by atoms with Crippen LogP contribution in [0.2, 0.25) is 5.02 Å². The van der Waals surface area contributed by atoms with Gasteiger partial charge in [-0.2, -0.15) is 0 Å². The molecule has 1 aliphatic carbocycles. The Labute approximate surface area is 131 Å². The average Bonchev–Trinajstić information content (AvgIpc) is 2.50. The first kappa shape index (κ1) is 16.3. The van der Waals surface area contributed by atoms with Crippen LogP contribution in [0.1, 0.15) is 43.8 Å². The number of halogens is 1. The standard InChI is InChI=1S/C16H23ClN2O2/c1-21-14(12-5-7-13(17)8-6-12)11-19-15(20)16(18)9-3-2-4-10-16/h5-8,14H,2-4,9-11,18H2,1H3,(H,19,20). The minimum absolute atomic E-state index is 0.0711. The van der Waals surface area contributed by atoms with Gasteiger partial charge in [0.15, 0.2) is 0 Å². The van der Waals surface area contributed by atoms with Gasteiger partial charge in [-0.05, 0) is 30.5 Å². The van der Waals surface area contributed by atoms with E-state index in [1.165, 1.54) is 0 Å². The molecule has 1 saturated carbocycles. The molecule has 4 nitrogen and oxygen atoms in total. The van der Waals surface area contributed by atoms with E-state index in [2.05, 4.69) is 5.32 Å². The summed E-state index contributed by atoms with van der Waals surface area (Å²) in [5.74, 6) is -0.0711. The molecule has 2 rings (SSSR count). The van der Waals surface area contributed by atoms with E-state index in [1.807, 2.05) is 24.3 Å². The van der Waals surface area contributed by atoms with Gasteiger partial charge in [0, 0.05) is 18.7 Å². The number of rotatable bonds is 5. The fourth-order valence-corrected chi connectivity index (χ4v) is 2.91. The largest absolute Gasteiger partial charge is 0.375 e. The smallest absolute Gasteiger partial charge is 0.240 e. The van der Waals surface area contributed by atoms with Gasteiger partial charge in [0.05, 0.1) is 11.6 Å². The molecule has 1 unspecified atom stereocenters. The summed E-state index contributed by atoms with van der Waals surface area (Å²) in [6.07, 6.45) is 4.54. The van der Waals surface area contributed by atoms with Crippen molar-refractivity contribution in [2.75, 3.05) is 13.7 Å². The van der Waals surface area contributed by atoms with Crippen LogP contribution in [-0.4, -0.2) is 25.1 Å².